The molecule has 1 aliphatic rings. The monoisotopic (exact) mass is 213 g/mol. The van der Waals surface area contributed by atoms with E-state index >= 15 is 0 Å². The summed E-state index contributed by atoms with van der Waals surface area (Å²) in [5.41, 5.74) is 0.260. The van der Waals surface area contributed by atoms with Gasteiger partial charge in [0.05, 0.1) is 6.10 Å². The third-order valence-corrected chi connectivity index (χ3v) is 2.67. The Hall–Kier alpha value is -1.36. The highest BCUT2D eigenvalue weighted by Crippen LogP contribution is 2.19. The molecule has 1 fully saturated rings. The Balaban J connectivity index is 2.54. The summed E-state index contributed by atoms with van der Waals surface area (Å²) in [4.78, 5) is 22.1. The van der Waals surface area contributed by atoms with E-state index in [1.165, 1.54) is 13.8 Å². The second kappa shape index (κ2) is 4.44. The van der Waals surface area contributed by atoms with Crippen molar-refractivity contribution in [1.82, 2.24) is 5.32 Å². The summed E-state index contributed by atoms with van der Waals surface area (Å²) in [7, 11) is 0. The van der Waals surface area contributed by atoms with E-state index in [4.69, 9.17) is 10.2 Å². The van der Waals surface area contributed by atoms with Crippen LogP contribution in [-0.2, 0) is 9.59 Å². The molecule has 5 heteroatoms. The highest BCUT2D eigenvalue weighted by molar-refractivity contribution is 6.01. The maximum Gasteiger partial charge on any atom is 0.331 e. The molecule has 0 heterocycles. The number of carbonyl (C=O) groups excluding carboxylic acids is 1. The van der Waals surface area contributed by atoms with E-state index in [1.54, 1.807) is 0 Å². The Kier molecular flexibility index (Phi) is 3.47. The Morgan fingerprint density at radius 1 is 1.20 bits per heavy atom. The van der Waals surface area contributed by atoms with Gasteiger partial charge in [-0.05, 0) is 26.7 Å². The highest BCUT2D eigenvalue weighted by Gasteiger charge is 2.29. The quantitative estimate of drug-likeness (QED) is 0.578. The molecule has 3 N–H and O–H groups in total. The van der Waals surface area contributed by atoms with Gasteiger partial charge in [-0.25, -0.2) is 4.79 Å². The van der Waals surface area contributed by atoms with Crippen molar-refractivity contribution < 1.29 is 19.8 Å². The van der Waals surface area contributed by atoms with Gasteiger partial charge in [0.1, 0.15) is 0 Å². The zero-order valence-electron chi connectivity index (χ0n) is 8.78. The zero-order valence-corrected chi connectivity index (χ0v) is 8.78. The number of hydrogen-bond donors (Lipinski definition) is 3. The average molecular weight is 213 g/mol. The SMILES string of the molecule is C/C(C(=O)O)=C(\C)C(=O)NC1CC(O)C1. The summed E-state index contributed by atoms with van der Waals surface area (Å²) in [6.45, 7) is 2.88. The molecule has 1 aliphatic carbocycles. The number of carboxylic acid groups (broad SMARTS) is 1. The van der Waals surface area contributed by atoms with Crippen molar-refractivity contribution in [3.8, 4) is 0 Å². The molecule has 0 spiro atoms. The Morgan fingerprint density at radius 2 is 1.73 bits per heavy atom. The lowest BCUT2D eigenvalue weighted by Gasteiger charge is -2.32. The molecular formula is C10H15NO4. The molecule has 0 unspecified atom stereocenters. The number of rotatable bonds is 3. The molecule has 15 heavy (non-hydrogen) atoms. The molecule has 0 aromatic rings. The predicted molar refractivity (Wildman–Crippen MR) is 53.2 cm³/mol. The molecule has 84 valence electrons. The number of nitrogens with one attached hydrogen (secondary N) is 1. The Bertz CT molecular complexity index is 315. The number of aliphatic hydroxyl groups excluding tert-OH is 1. The summed E-state index contributed by atoms with van der Waals surface area (Å²) in [6.07, 6.45) is 0.760. The molecule has 1 saturated carbocycles. The first kappa shape index (κ1) is 11.7. The first-order chi connectivity index (χ1) is 6.91. The lowest BCUT2D eigenvalue weighted by atomic mass is 9.89. The second-order valence-electron chi connectivity index (χ2n) is 3.85. The first-order valence-electron chi connectivity index (χ1n) is 4.81. The fraction of sp³-hybridized carbons (Fsp3) is 0.600. The van der Waals surface area contributed by atoms with Crippen molar-refractivity contribution in [2.75, 3.05) is 0 Å². The number of amides is 1. The van der Waals surface area contributed by atoms with Gasteiger partial charge < -0.3 is 15.5 Å². The van der Waals surface area contributed by atoms with Gasteiger partial charge in [-0.1, -0.05) is 0 Å². The van der Waals surface area contributed by atoms with Crippen LogP contribution in [0.25, 0.3) is 0 Å². The topological polar surface area (TPSA) is 86.6 Å². The lowest BCUT2D eigenvalue weighted by Crippen LogP contribution is -2.47. The number of carboxylic acids is 1. The number of carbonyl (C=O) groups is 2. The van der Waals surface area contributed by atoms with Crippen LogP contribution in [0, 0.1) is 0 Å². The van der Waals surface area contributed by atoms with Gasteiger partial charge in [0.15, 0.2) is 0 Å². The van der Waals surface area contributed by atoms with Crippen molar-refractivity contribution in [2.45, 2.75) is 38.8 Å². The van der Waals surface area contributed by atoms with Crippen LogP contribution in [-0.4, -0.2) is 34.2 Å². The zero-order chi connectivity index (χ0) is 11.6. The van der Waals surface area contributed by atoms with Crippen LogP contribution in [0.1, 0.15) is 26.7 Å². The third-order valence-electron chi connectivity index (χ3n) is 2.67. The van der Waals surface area contributed by atoms with E-state index in [9.17, 15) is 9.59 Å². The average Bonchev–Trinajstić information content (AvgIpc) is 2.12. The number of aliphatic carboxylic acids is 1. The van der Waals surface area contributed by atoms with Crippen LogP contribution in [0.2, 0.25) is 0 Å². The van der Waals surface area contributed by atoms with Crippen LogP contribution >= 0.6 is 0 Å². The van der Waals surface area contributed by atoms with Crippen molar-refractivity contribution in [3.05, 3.63) is 11.1 Å². The maximum atomic E-state index is 11.5. The summed E-state index contributed by atoms with van der Waals surface area (Å²) in [5.74, 6) is -1.46. The standard InChI is InChI=1S/C10H15NO4/c1-5(6(2)10(14)15)9(13)11-7-3-8(12)4-7/h7-8,12H,3-4H2,1-2H3,(H,11,13)(H,14,15)/b6-5-. The van der Waals surface area contributed by atoms with Crippen molar-refractivity contribution in [1.29, 1.82) is 0 Å². The molecule has 0 aromatic heterocycles. The second-order valence-corrected chi connectivity index (χ2v) is 3.85. The fourth-order valence-corrected chi connectivity index (χ4v) is 1.33. The smallest absolute Gasteiger partial charge is 0.331 e. The summed E-state index contributed by atoms with van der Waals surface area (Å²) >= 11 is 0. The van der Waals surface area contributed by atoms with Gasteiger partial charge in [-0.15, -0.1) is 0 Å². The Morgan fingerprint density at radius 3 is 2.13 bits per heavy atom. The normalized spacial score (nSPS) is 26.3. The third kappa shape index (κ3) is 2.79. The van der Waals surface area contributed by atoms with E-state index in [1.807, 2.05) is 0 Å². The van der Waals surface area contributed by atoms with E-state index in [0.717, 1.165) is 0 Å². The fourth-order valence-electron chi connectivity index (χ4n) is 1.33. The van der Waals surface area contributed by atoms with Gasteiger partial charge in [-0.3, -0.25) is 4.79 Å². The van der Waals surface area contributed by atoms with E-state index < -0.39 is 5.97 Å². The molecule has 0 radical (unpaired) electrons. The molecule has 0 bridgehead atoms. The van der Waals surface area contributed by atoms with E-state index in [2.05, 4.69) is 5.32 Å². The summed E-state index contributed by atoms with van der Waals surface area (Å²) in [6, 6.07) is -0.0240. The molecular weight excluding hydrogens is 198 g/mol. The van der Waals surface area contributed by atoms with Crippen LogP contribution < -0.4 is 5.32 Å². The van der Waals surface area contributed by atoms with Gasteiger partial charge in [0.25, 0.3) is 0 Å². The van der Waals surface area contributed by atoms with Crippen LogP contribution in [0.3, 0.4) is 0 Å². The molecule has 1 amide bonds. The van der Waals surface area contributed by atoms with Crippen molar-refractivity contribution >= 4 is 11.9 Å². The minimum atomic E-state index is -1.09. The van der Waals surface area contributed by atoms with E-state index in [-0.39, 0.29) is 29.2 Å². The number of hydrogen-bond acceptors (Lipinski definition) is 3. The van der Waals surface area contributed by atoms with E-state index in [0.29, 0.717) is 12.8 Å². The molecule has 0 atom stereocenters. The molecule has 0 aromatic carbocycles. The minimum Gasteiger partial charge on any atom is -0.478 e. The van der Waals surface area contributed by atoms with Gasteiger partial charge in [-0.2, -0.15) is 0 Å². The van der Waals surface area contributed by atoms with Gasteiger partial charge >= 0.3 is 5.97 Å². The summed E-state index contributed by atoms with van der Waals surface area (Å²) < 4.78 is 0. The first-order valence-corrected chi connectivity index (χ1v) is 4.81. The lowest BCUT2D eigenvalue weighted by molar-refractivity contribution is -0.133. The maximum absolute atomic E-state index is 11.5. The van der Waals surface area contributed by atoms with Gasteiger partial charge in [0, 0.05) is 17.2 Å². The molecule has 0 saturated heterocycles. The van der Waals surface area contributed by atoms with Crippen molar-refractivity contribution in [2.24, 2.45) is 0 Å². The van der Waals surface area contributed by atoms with Crippen LogP contribution in [0.5, 0.6) is 0 Å². The summed E-state index contributed by atoms with van der Waals surface area (Å²) in [5, 5.41) is 20.3. The van der Waals surface area contributed by atoms with Crippen LogP contribution in [0.15, 0.2) is 11.1 Å². The minimum absolute atomic E-state index is 0.0240. The molecule has 5 nitrogen and oxygen atoms in total. The molecule has 1 rings (SSSR count). The molecule has 0 aliphatic heterocycles. The Labute approximate surface area is 87.8 Å². The highest BCUT2D eigenvalue weighted by atomic mass is 16.4. The number of aliphatic hydroxyl groups is 1. The van der Waals surface area contributed by atoms with Crippen LogP contribution in [0.4, 0.5) is 0 Å². The largest absolute Gasteiger partial charge is 0.478 e. The predicted octanol–water partition coefficient (Wildman–Crippen LogP) is 0.0469. The van der Waals surface area contributed by atoms with Gasteiger partial charge in [0.2, 0.25) is 5.91 Å². The van der Waals surface area contributed by atoms with Crippen molar-refractivity contribution in [3.63, 3.8) is 0 Å².